The highest BCUT2D eigenvalue weighted by Crippen LogP contribution is 2.66. The lowest BCUT2D eigenvalue weighted by Gasteiger charge is -2.32. The standard InChI is InChI=1S/C19H30O3/c1-19-8-7-12(11-19)14-9-13(10-15(14)19)18(20)22-17-6-4-3-5-16(17)21-2/h12-17H,3-11H2,1-2H3. The molecular formula is C19H30O3. The Labute approximate surface area is 134 Å². The van der Waals surface area contributed by atoms with Crippen LogP contribution in [-0.2, 0) is 14.3 Å². The molecule has 4 aliphatic carbocycles. The SMILES string of the molecule is COC1CCCCC1OC(=O)C1CC2C3CCC(C)(C3)C2C1. The first-order valence-corrected chi connectivity index (χ1v) is 9.34. The number of methoxy groups -OCH3 is 1. The summed E-state index contributed by atoms with van der Waals surface area (Å²) in [6, 6.07) is 0. The van der Waals surface area contributed by atoms with E-state index in [1.54, 1.807) is 7.11 Å². The van der Waals surface area contributed by atoms with E-state index in [-0.39, 0.29) is 24.1 Å². The zero-order valence-corrected chi connectivity index (χ0v) is 14.1. The fraction of sp³-hybridized carbons (Fsp3) is 0.947. The molecule has 4 aliphatic rings. The minimum absolute atomic E-state index is 0.000927. The molecule has 2 bridgehead atoms. The molecule has 0 heterocycles. The Morgan fingerprint density at radius 1 is 1.09 bits per heavy atom. The number of rotatable bonds is 3. The van der Waals surface area contributed by atoms with Crippen LogP contribution in [0.15, 0.2) is 0 Å². The fourth-order valence-electron chi connectivity index (χ4n) is 6.32. The van der Waals surface area contributed by atoms with Crippen molar-refractivity contribution in [3.05, 3.63) is 0 Å². The topological polar surface area (TPSA) is 35.5 Å². The van der Waals surface area contributed by atoms with Gasteiger partial charge >= 0.3 is 5.97 Å². The van der Waals surface area contributed by atoms with Crippen molar-refractivity contribution in [2.75, 3.05) is 7.11 Å². The average molecular weight is 306 g/mol. The lowest BCUT2D eigenvalue weighted by atomic mass is 9.73. The number of fused-ring (bicyclic) bond motifs is 5. The maximum absolute atomic E-state index is 12.7. The number of hydrogen-bond donors (Lipinski definition) is 0. The summed E-state index contributed by atoms with van der Waals surface area (Å²) in [5.41, 5.74) is 0.532. The minimum Gasteiger partial charge on any atom is -0.459 e. The second-order valence-electron chi connectivity index (χ2n) is 8.63. The van der Waals surface area contributed by atoms with E-state index in [2.05, 4.69) is 6.92 Å². The molecule has 0 aromatic heterocycles. The van der Waals surface area contributed by atoms with Crippen LogP contribution in [0.5, 0.6) is 0 Å². The normalized spacial score (nSPS) is 50.1. The van der Waals surface area contributed by atoms with Crippen molar-refractivity contribution in [1.82, 2.24) is 0 Å². The van der Waals surface area contributed by atoms with E-state index < -0.39 is 0 Å². The Morgan fingerprint density at radius 2 is 1.86 bits per heavy atom. The van der Waals surface area contributed by atoms with Gasteiger partial charge in [-0.1, -0.05) is 13.3 Å². The number of hydrogen-bond acceptors (Lipinski definition) is 3. The monoisotopic (exact) mass is 306 g/mol. The van der Waals surface area contributed by atoms with Crippen LogP contribution in [0.4, 0.5) is 0 Å². The largest absolute Gasteiger partial charge is 0.459 e. The molecule has 0 radical (unpaired) electrons. The lowest BCUT2D eigenvalue weighted by molar-refractivity contribution is -0.164. The van der Waals surface area contributed by atoms with Crippen LogP contribution in [0.3, 0.4) is 0 Å². The van der Waals surface area contributed by atoms with Crippen LogP contribution in [-0.4, -0.2) is 25.3 Å². The summed E-state index contributed by atoms with van der Waals surface area (Å²) >= 11 is 0. The van der Waals surface area contributed by atoms with E-state index >= 15 is 0 Å². The summed E-state index contributed by atoms with van der Waals surface area (Å²) in [6.07, 6.45) is 10.9. The van der Waals surface area contributed by atoms with Gasteiger partial charge in [-0.2, -0.15) is 0 Å². The summed E-state index contributed by atoms with van der Waals surface area (Å²) < 4.78 is 11.4. The summed E-state index contributed by atoms with van der Waals surface area (Å²) in [5.74, 6) is 2.73. The van der Waals surface area contributed by atoms with Crippen molar-refractivity contribution in [2.45, 2.75) is 76.9 Å². The van der Waals surface area contributed by atoms with E-state index in [1.165, 1.54) is 25.7 Å². The number of carbonyl (C=O) groups is 1. The third-order valence-electron chi connectivity index (χ3n) is 7.47. The molecule has 0 aliphatic heterocycles. The minimum atomic E-state index is -0.000927. The number of ether oxygens (including phenoxy) is 2. The van der Waals surface area contributed by atoms with Gasteiger partial charge in [-0.3, -0.25) is 4.79 Å². The Kier molecular flexibility index (Phi) is 3.75. The van der Waals surface area contributed by atoms with E-state index in [1.807, 2.05) is 0 Å². The number of carbonyl (C=O) groups excluding carboxylic acids is 1. The van der Waals surface area contributed by atoms with E-state index in [0.29, 0.717) is 5.41 Å². The van der Waals surface area contributed by atoms with Crippen LogP contribution in [0.1, 0.15) is 64.7 Å². The van der Waals surface area contributed by atoms with Crippen molar-refractivity contribution in [1.29, 1.82) is 0 Å². The zero-order valence-electron chi connectivity index (χ0n) is 14.1. The predicted octanol–water partition coefficient (Wildman–Crippen LogP) is 3.95. The van der Waals surface area contributed by atoms with Gasteiger partial charge in [0.25, 0.3) is 0 Å². The highest BCUT2D eigenvalue weighted by Gasteiger charge is 2.59. The lowest BCUT2D eigenvalue weighted by Crippen LogP contribution is -2.37. The van der Waals surface area contributed by atoms with E-state index in [0.717, 1.165) is 49.9 Å². The van der Waals surface area contributed by atoms with Crippen LogP contribution >= 0.6 is 0 Å². The maximum atomic E-state index is 12.7. The van der Waals surface area contributed by atoms with Gasteiger partial charge in [0.05, 0.1) is 12.0 Å². The fourth-order valence-corrected chi connectivity index (χ4v) is 6.32. The first-order valence-electron chi connectivity index (χ1n) is 9.34. The Hall–Kier alpha value is -0.570. The van der Waals surface area contributed by atoms with Crippen molar-refractivity contribution < 1.29 is 14.3 Å². The first-order chi connectivity index (χ1) is 10.6. The van der Waals surface area contributed by atoms with E-state index in [4.69, 9.17) is 9.47 Å². The molecule has 7 atom stereocenters. The molecule has 3 heteroatoms. The quantitative estimate of drug-likeness (QED) is 0.741. The van der Waals surface area contributed by atoms with Crippen molar-refractivity contribution in [3.8, 4) is 0 Å². The van der Waals surface area contributed by atoms with Crippen LogP contribution < -0.4 is 0 Å². The summed E-state index contributed by atoms with van der Waals surface area (Å²) in [6.45, 7) is 2.47. The Morgan fingerprint density at radius 3 is 2.59 bits per heavy atom. The summed E-state index contributed by atoms with van der Waals surface area (Å²) in [4.78, 5) is 12.7. The van der Waals surface area contributed by atoms with Crippen molar-refractivity contribution >= 4 is 5.97 Å². The van der Waals surface area contributed by atoms with Crippen molar-refractivity contribution in [2.24, 2.45) is 29.1 Å². The molecule has 7 unspecified atom stereocenters. The molecule has 3 nitrogen and oxygen atoms in total. The van der Waals surface area contributed by atoms with Gasteiger partial charge in [-0.15, -0.1) is 0 Å². The molecule has 0 spiro atoms. The zero-order chi connectivity index (χ0) is 15.3. The molecule has 0 N–H and O–H groups in total. The summed E-state index contributed by atoms with van der Waals surface area (Å²) in [7, 11) is 1.75. The number of esters is 1. The smallest absolute Gasteiger partial charge is 0.309 e. The second-order valence-corrected chi connectivity index (χ2v) is 8.63. The predicted molar refractivity (Wildman–Crippen MR) is 84.3 cm³/mol. The molecule has 124 valence electrons. The highest BCUT2D eigenvalue weighted by atomic mass is 16.6. The molecule has 0 amide bonds. The van der Waals surface area contributed by atoms with Crippen LogP contribution in [0, 0.1) is 29.1 Å². The van der Waals surface area contributed by atoms with Crippen LogP contribution in [0.25, 0.3) is 0 Å². The molecule has 0 aromatic rings. The van der Waals surface area contributed by atoms with Crippen LogP contribution in [0.2, 0.25) is 0 Å². The molecule has 4 fully saturated rings. The molecule has 22 heavy (non-hydrogen) atoms. The van der Waals surface area contributed by atoms with Gasteiger partial charge in [-0.25, -0.2) is 0 Å². The third-order valence-corrected chi connectivity index (χ3v) is 7.47. The molecule has 4 saturated carbocycles. The van der Waals surface area contributed by atoms with Gasteiger partial charge in [0.2, 0.25) is 0 Å². The van der Waals surface area contributed by atoms with Gasteiger partial charge in [0.15, 0.2) is 0 Å². The molecule has 4 rings (SSSR count). The van der Waals surface area contributed by atoms with Gasteiger partial charge in [0.1, 0.15) is 6.10 Å². The molecule has 0 saturated heterocycles. The third kappa shape index (κ3) is 2.31. The van der Waals surface area contributed by atoms with Crippen molar-refractivity contribution in [3.63, 3.8) is 0 Å². The molecular weight excluding hydrogens is 276 g/mol. The highest BCUT2D eigenvalue weighted by molar-refractivity contribution is 5.73. The molecule has 0 aromatic carbocycles. The van der Waals surface area contributed by atoms with Gasteiger partial charge in [0, 0.05) is 7.11 Å². The Balaban J connectivity index is 1.38. The van der Waals surface area contributed by atoms with Gasteiger partial charge < -0.3 is 9.47 Å². The first kappa shape index (κ1) is 15.0. The van der Waals surface area contributed by atoms with E-state index in [9.17, 15) is 4.79 Å². The second kappa shape index (κ2) is 5.51. The van der Waals surface area contributed by atoms with Gasteiger partial charge in [-0.05, 0) is 74.5 Å². The average Bonchev–Trinajstić information content (AvgIpc) is 3.18. The Bertz CT molecular complexity index is 448. The summed E-state index contributed by atoms with van der Waals surface area (Å²) in [5, 5.41) is 0. The maximum Gasteiger partial charge on any atom is 0.309 e.